The Morgan fingerprint density at radius 3 is 2.40 bits per heavy atom. The van der Waals surface area contributed by atoms with Crippen molar-refractivity contribution in [3.05, 3.63) is 64.7 Å². The number of carbonyl (C=O) groups excluding carboxylic acids is 3. The smallest absolute Gasteiger partial charge is 0.376 e. The van der Waals surface area contributed by atoms with Crippen LogP contribution in [0.5, 0.6) is 5.75 Å². The van der Waals surface area contributed by atoms with Crippen LogP contribution in [0.1, 0.15) is 68.8 Å². The van der Waals surface area contributed by atoms with Gasteiger partial charge in [-0.25, -0.2) is 0 Å². The number of hydrogen-bond acceptors (Lipinski definition) is 7. The van der Waals surface area contributed by atoms with Crippen LogP contribution in [0.2, 0.25) is 0 Å². The van der Waals surface area contributed by atoms with Crippen LogP contribution in [0.4, 0.5) is 13.2 Å². The highest BCUT2D eigenvalue weighted by atomic mass is 32.2. The maximum absolute atomic E-state index is 13.3. The molecule has 3 atom stereocenters. The van der Waals surface area contributed by atoms with Crippen LogP contribution in [0.25, 0.3) is 0 Å². The molecular weight excluding hydrogens is 613 g/mol. The summed E-state index contributed by atoms with van der Waals surface area (Å²) < 4.78 is 64.5. The molecule has 2 aliphatic rings. The molecule has 3 N–H and O–H groups in total. The van der Waals surface area contributed by atoms with E-state index in [2.05, 4.69) is 38.3 Å². The average molecular weight is 655 g/mol. The first kappa shape index (κ1) is 35.8. The lowest BCUT2D eigenvalue weighted by atomic mass is 9.84. The van der Waals surface area contributed by atoms with E-state index in [-0.39, 0.29) is 43.4 Å². The third kappa shape index (κ3) is 9.19. The summed E-state index contributed by atoms with van der Waals surface area (Å²) in [6.45, 7) is 7.50. The topological polar surface area (TPSA) is 134 Å². The molecule has 45 heavy (non-hydrogen) atoms. The SMILES string of the molecule is CNCC(=O)NC(C(=O)N1Cc2ccc(OS(=O)(=O)C(F)(F)F)cc2CC1C)C(C)(C)C.O=CNC1CCCc2ccccc21. The fourth-order valence-corrected chi connectivity index (χ4v) is 5.88. The van der Waals surface area contributed by atoms with Crippen molar-refractivity contribution in [2.45, 2.75) is 83.6 Å². The minimum absolute atomic E-state index is 0.0574. The first-order valence-electron chi connectivity index (χ1n) is 14.6. The normalized spacial score (nSPS) is 18.7. The maximum atomic E-state index is 13.3. The molecule has 1 aliphatic heterocycles. The minimum Gasteiger partial charge on any atom is -0.376 e. The van der Waals surface area contributed by atoms with Gasteiger partial charge in [-0.3, -0.25) is 14.4 Å². The molecule has 4 rings (SSSR count). The number of rotatable bonds is 8. The van der Waals surface area contributed by atoms with Crippen LogP contribution in [0.3, 0.4) is 0 Å². The zero-order valence-electron chi connectivity index (χ0n) is 26.0. The predicted molar refractivity (Wildman–Crippen MR) is 162 cm³/mol. The standard InChI is InChI=1S/C20H28F3N3O5S.C11H13NO/c1-12-8-14-9-15(31-32(29,30)20(21,22)23)7-6-13(14)11-26(12)18(28)17(19(2,3)4)25-16(27)10-24-5;13-8-12-11-7-3-5-9-4-1-2-6-10(9)11/h6-7,9,12,17,24H,8,10-11H2,1-5H3,(H,25,27);1-2,4,6,8,11H,3,5,7H2,(H,12,13). The lowest BCUT2D eigenvalue weighted by Crippen LogP contribution is -2.58. The van der Waals surface area contributed by atoms with E-state index in [1.165, 1.54) is 29.7 Å². The van der Waals surface area contributed by atoms with E-state index in [1.54, 1.807) is 18.9 Å². The molecule has 0 spiro atoms. The molecule has 0 saturated carbocycles. The second-order valence-corrected chi connectivity index (χ2v) is 13.8. The predicted octanol–water partition coefficient (Wildman–Crippen LogP) is 3.75. The second kappa shape index (κ2) is 14.6. The number of halogens is 3. The van der Waals surface area contributed by atoms with E-state index < -0.39 is 32.8 Å². The number of nitrogens with one attached hydrogen (secondary N) is 3. The summed E-state index contributed by atoms with van der Waals surface area (Å²) in [5.74, 6) is -1.04. The van der Waals surface area contributed by atoms with Crippen LogP contribution in [-0.2, 0) is 43.9 Å². The number of carbonyl (C=O) groups is 3. The molecule has 10 nitrogen and oxygen atoms in total. The van der Waals surface area contributed by atoms with E-state index in [0.717, 1.165) is 25.3 Å². The number of hydrogen-bond donors (Lipinski definition) is 3. The molecule has 1 aliphatic carbocycles. The molecule has 2 aromatic rings. The van der Waals surface area contributed by atoms with Gasteiger partial charge in [-0.05, 0) is 79.5 Å². The van der Waals surface area contributed by atoms with E-state index in [9.17, 15) is 36.0 Å². The summed E-state index contributed by atoms with van der Waals surface area (Å²) in [7, 11) is -4.15. The van der Waals surface area contributed by atoms with Crippen LogP contribution in [0.15, 0.2) is 42.5 Å². The summed E-state index contributed by atoms with van der Waals surface area (Å²) >= 11 is 0. The molecule has 248 valence electrons. The number of nitrogens with zero attached hydrogens (tertiary/aromatic N) is 1. The summed E-state index contributed by atoms with van der Waals surface area (Å²) in [6.07, 6.45) is 4.46. The van der Waals surface area contributed by atoms with Crippen LogP contribution in [0, 0.1) is 5.41 Å². The fourth-order valence-electron chi connectivity index (χ4n) is 5.43. The molecule has 0 bridgehead atoms. The molecule has 3 unspecified atom stereocenters. The molecule has 2 aromatic carbocycles. The Labute approximate surface area is 262 Å². The van der Waals surface area contributed by atoms with Crippen LogP contribution < -0.4 is 20.1 Å². The van der Waals surface area contributed by atoms with E-state index in [0.29, 0.717) is 11.1 Å². The van der Waals surface area contributed by atoms with Gasteiger partial charge >= 0.3 is 15.6 Å². The molecule has 14 heteroatoms. The van der Waals surface area contributed by atoms with Crippen molar-refractivity contribution in [1.82, 2.24) is 20.9 Å². The van der Waals surface area contributed by atoms with Crippen molar-refractivity contribution in [3.8, 4) is 5.75 Å². The Morgan fingerprint density at radius 1 is 1.09 bits per heavy atom. The maximum Gasteiger partial charge on any atom is 0.534 e. The molecular formula is C31H41F3N4O6S. The van der Waals surface area contributed by atoms with Gasteiger partial charge in [0.15, 0.2) is 0 Å². The number of benzene rings is 2. The van der Waals surface area contributed by atoms with Gasteiger partial charge in [0.25, 0.3) is 0 Å². The molecule has 0 saturated heterocycles. The number of alkyl halides is 3. The monoisotopic (exact) mass is 654 g/mol. The highest BCUT2D eigenvalue weighted by Gasteiger charge is 2.48. The third-order valence-corrected chi connectivity index (χ3v) is 8.71. The van der Waals surface area contributed by atoms with Crippen molar-refractivity contribution in [1.29, 1.82) is 0 Å². The van der Waals surface area contributed by atoms with Crippen LogP contribution >= 0.6 is 0 Å². The molecule has 0 aromatic heterocycles. The van der Waals surface area contributed by atoms with Crippen LogP contribution in [-0.4, -0.2) is 62.7 Å². The van der Waals surface area contributed by atoms with Crippen molar-refractivity contribution in [3.63, 3.8) is 0 Å². The largest absolute Gasteiger partial charge is 0.534 e. The quantitative estimate of drug-likeness (QED) is 0.224. The Balaban J connectivity index is 0.000000350. The lowest BCUT2D eigenvalue weighted by molar-refractivity contribution is -0.142. The number of fused-ring (bicyclic) bond motifs is 2. The van der Waals surface area contributed by atoms with E-state index in [4.69, 9.17) is 0 Å². The molecule has 0 radical (unpaired) electrons. The summed E-state index contributed by atoms with van der Waals surface area (Å²) in [6, 6.07) is 11.3. The second-order valence-electron chi connectivity index (χ2n) is 12.3. The molecule has 3 amide bonds. The van der Waals surface area contributed by atoms with Gasteiger partial charge in [0.2, 0.25) is 18.2 Å². The third-order valence-electron chi connectivity index (χ3n) is 7.73. The van der Waals surface area contributed by atoms with Crippen molar-refractivity contribution in [2.24, 2.45) is 5.41 Å². The van der Waals surface area contributed by atoms with Gasteiger partial charge in [-0.1, -0.05) is 51.1 Å². The van der Waals surface area contributed by atoms with Crippen molar-refractivity contribution < 1.29 is 40.2 Å². The summed E-state index contributed by atoms with van der Waals surface area (Å²) in [5.41, 5.74) is -2.18. The van der Waals surface area contributed by atoms with E-state index >= 15 is 0 Å². The Bertz CT molecular complexity index is 1480. The first-order valence-corrected chi connectivity index (χ1v) is 16.0. The highest BCUT2D eigenvalue weighted by Crippen LogP contribution is 2.33. The highest BCUT2D eigenvalue weighted by molar-refractivity contribution is 7.88. The zero-order chi connectivity index (χ0) is 33.6. The minimum atomic E-state index is -5.77. The summed E-state index contributed by atoms with van der Waals surface area (Å²) in [4.78, 5) is 37.4. The Hall–Kier alpha value is -3.65. The zero-order valence-corrected chi connectivity index (χ0v) is 26.8. The van der Waals surface area contributed by atoms with Gasteiger partial charge in [-0.2, -0.15) is 21.6 Å². The van der Waals surface area contributed by atoms with E-state index in [1.807, 2.05) is 26.8 Å². The summed E-state index contributed by atoms with van der Waals surface area (Å²) in [5, 5.41) is 8.36. The Morgan fingerprint density at radius 2 is 1.78 bits per heavy atom. The molecule has 0 fully saturated rings. The lowest BCUT2D eigenvalue weighted by Gasteiger charge is -2.40. The number of likely N-dealkylation sites (N-methyl/N-ethyl adjacent to an activating group) is 1. The average Bonchev–Trinajstić information content (AvgIpc) is 2.95. The van der Waals surface area contributed by atoms with Gasteiger partial charge in [0.1, 0.15) is 11.8 Å². The van der Waals surface area contributed by atoms with Gasteiger partial charge < -0.3 is 25.0 Å². The van der Waals surface area contributed by atoms with Gasteiger partial charge in [-0.15, -0.1) is 0 Å². The molecule has 1 heterocycles. The van der Waals surface area contributed by atoms with Gasteiger partial charge in [0.05, 0.1) is 12.6 Å². The number of amides is 3. The van der Waals surface area contributed by atoms with Gasteiger partial charge in [0, 0.05) is 12.6 Å². The van der Waals surface area contributed by atoms with Crippen molar-refractivity contribution in [2.75, 3.05) is 13.6 Å². The fraction of sp³-hybridized carbons (Fsp3) is 0.516. The number of aryl methyl sites for hydroxylation is 1. The first-order chi connectivity index (χ1) is 21.0. The Kier molecular flexibility index (Phi) is 11.6. The van der Waals surface area contributed by atoms with Crippen molar-refractivity contribution >= 4 is 28.3 Å².